The van der Waals surface area contributed by atoms with E-state index in [2.05, 4.69) is 10.6 Å². The van der Waals surface area contributed by atoms with Crippen molar-refractivity contribution in [3.8, 4) is 0 Å². The molecule has 0 aromatic carbocycles. The zero-order chi connectivity index (χ0) is 12.8. The first-order valence-electron chi connectivity index (χ1n) is 5.53. The van der Waals surface area contributed by atoms with Gasteiger partial charge in [0.05, 0.1) is 6.54 Å². The number of carboxylic acid groups (broad SMARTS) is 1. The normalized spacial score (nSPS) is 16.2. The van der Waals surface area contributed by atoms with Gasteiger partial charge in [0, 0.05) is 12.5 Å². The molecule has 2 amide bonds. The van der Waals surface area contributed by atoms with Crippen molar-refractivity contribution in [2.45, 2.75) is 37.8 Å². The largest absolute Gasteiger partial charge is 0.480 e. The molecule has 7 nitrogen and oxygen atoms in total. The molecular formula is C10H17N3O4. The SMILES string of the molecule is NC(=O)CCC(NC(=O)CNC1CC1)C(=O)O. The Morgan fingerprint density at radius 2 is 2.00 bits per heavy atom. The van der Waals surface area contributed by atoms with Crippen molar-refractivity contribution in [3.05, 3.63) is 0 Å². The maximum Gasteiger partial charge on any atom is 0.326 e. The molecule has 1 rings (SSSR count). The summed E-state index contributed by atoms with van der Waals surface area (Å²) in [5.74, 6) is -2.12. The van der Waals surface area contributed by atoms with Crippen LogP contribution < -0.4 is 16.4 Å². The summed E-state index contributed by atoms with van der Waals surface area (Å²) in [7, 11) is 0. The van der Waals surface area contributed by atoms with E-state index >= 15 is 0 Å². The summed E-state index contributed by atoms with van der Waals surface area (Å²) < 4.78 is 0. The highest BCUT2D eigenvalue weighted by molar-refractivity contribution is 5.85. The van der Waals surface area contributed by atoms with E-state index in [0.717, 1.165) is 12.8 Å². The minimum absolute atomic E-state index is 0.0137. The lowest BCUT2D eigenvalue weighted by Gasteiger charge is -2.13. The minimum atomic E-state index is -1.16. The number of primary amides is 1. The molecule has 1 aliphatic carbocycles. The van der Waals surface area contributed by atoms with Crippen LogP contribution in [0.4, 0.5) is 0 Å². The Morgan fingerprint density at radius 1 is 1.35 bits per heavy atom. The zero-order valence-corrected chi connectivity index (χ0v) is 9.44. The lowest BCUT2D eigenvalue weighted by molar-refractivity contribution is -0.142. The van der Waals surface area contributed by atoms with Crippen molar-refractivity contribution in [2.24, 2.45) is 5.73 Å². The Labute approximate surface area is 98.7 Å². The number of carbonyl (C=O) groups excluding carboxylic acids is 2. The van der Waals surface area contributed by atoms with E-state index in [0.29, 0.717) is 6.04 Å². The summed E-state index contributed by atoms with van der Waals surface area (Å²) in [6.07, 6.45) is 2.06. The van der Waals surface area contributed by atoms with Crippen LogP contribution in [0.3, 0.4) is 0 Å². The molecule has 1 saturated carbocycles. The van der Waals surface area contributed by atoms with Crippen LogP contribution in [0.15, 0.2) is 0 Å². The van der Waals surface area contributed by atoms with Crippen molar-refractivity contribution < 1.29 is 19.5 Å². The third kappa shape index (κ3) is 5.86. The number of amides is 2. The van der Waals surface area contributed by atoms with Crippen LogP contribution in [0.25, 0.3) is 0 Å². The van der Waals surface area contributed by atoms with Crippen LogP contribution in [0, 0.1) is 0 Å². The number of nitrogens with one attached hydrogen (secondary N) is 2. The fourth-order valence-corrected chi connectivity index (χ4v) is 1.31. The van der Waals surface area contributed by atoms with Crippen molar-refractivity contribution in [2.75, 3.05) is 6.54 Å². The van der Waals surface area contributed by atoms with E-state index in [1.54, 1.807) is 0 Å². The van der Waals surface area contributed by atoms with E-state index in [1.807, 2.05) is 0 Å². The van der Waals surface area contributed by atoms with Gasteiger partial charge in [0.25, 0.3) is 0 Å². The summed E-state index contributed by atoms with van der Waals surface area (Å²) in [6, 6.07) is -0.675. The Kier molecular flexibility index (Phi) is 4.89. The molecule has 17 heavy (non-hydrogen) atoms. The van der Waals surface area contributed by atoms with Gasteiger partial charge in [0.15, 0.2) is 0 Å². The second-order valence-corrected chi connectivity index (χ2v) is 4.12. The van der Waals surface area contributed by atoms with Gasteiger partial charge in [-0.1, -0.05) is 0 Å². The number of carbonyl (C=O) groups is 3. The van der Waals surface area contributed by atoms with Crippen LogP contribution in [-0.4, -0.2) is 41.5 Å². The number of rotatable bonds is 8. The molecule has 1 unspecified atom stereocenters. The van der Waals surface area contributed by atoms with Crippen LogP contribution in [0.5, 0.6) is 0 Å². The summed E-state index contributed by atoms with van der Waals surface area (Å²) in [5.41, 5.74) is 4.92. The third-order valence-electron chi connectivity index (χ3n) is 2.44. The molecule has 0 radical (unpaired) electrons. The van der Waals surface area contributed by atoms with Crippen LogP contribution >= 0.6 is 0 Å². The molecule has 0 aromatic heterocycles. The molecular weight excluding hydrogens is 226 g/mol. The van der Waals surface area contributed by atoms with Gasteiger partial charge < -0.3 is 21.5 Å². The van der Waals surface area contributed by atoms with Gasteiger partial charge in [-0.3, -0.25) is 9.59 Å². The van der Waals surface area contributed by atoms with Gasteiger partial charge in [0.2, 0.25) is 11.8 Å². The lowest BCUT2D eigenvalue weighted by Crippen LogP contribution is -2.45. The van der Waals surface area contributed by atoms with Crippen molar-refractivity contribution >= 4 is 17.8 Å². The summed E-state index contributed by atoms with van der Waals surface area (Å²) >= 11 is 0. The molecule has 1 fully saturated rings. The van der Waals surface area contributed by atoms with Crippen molar-refractivity contribution in [1.82, 2.24) is 10.6 Å². The average Bonchev–Trinajstić information content (AvgIpc) is 3.04. The first-order chi connectivity index (χ1) is 7.99. The molecule has 1 aliphatic rings. The third-order valence-corrected chi connectivity index (χ3v) is 2.44. The Morgan fingerprint density at radius 3 is 2.47 bits per heavy atom. The highest BCUT2D eigenvalue weighted by Crippen LogP contribution is 2.17. The Balaban J connectivity index is 2.28. The topological polar surface area (TPSA) is 122 Å². The van der Waals surface area contributed by atoms with Crippen molar-refractivity contribution in [3.63, 3.8) is 0 Å². The molecule has 5 N–H and O–H groups in total. The quantitative estimate of drug-likeness (QED) is 0.416. The maximum atomic E-state index is 11.4. The van der Waals surface area contributed by atoms with Crippen LogP contribution in [-0.2, 0) is 14.4 Å². The second kappa shape index (κ2) is 6.19. The molecule has 0 spiro atoms. The predicted molar refractivity (Wildman–Crippen MR) is 59.0 cm³/mol. The maximum absolute atomic E-state index is 11.4. The monoisotopic (exact) mass is 243 g/mol. The Bertz CT molecular complexity index is 315. The van der Waals surface area contributed by atoms with Gasteiger partial charge in [-0.15, -0.1) is 0 Å². The van der Waals surface area contributed by atoms with E-state index in [1.165, 1.54) is 0 Å². The van der Waals surface area contributed by atoms with Gasteiger partial charge in [0.1, 0.15) is 6.04 Å². The Hall–Kier alpha value is -1.63. The number of hydrogen-bond donors (Lipinski definition) is 4. The minimum Gasteiger partial charge on any atom is -0.480 e. The number of nitrogens with two attached hydrogens (primary N) is 1. The fraction of sp³-hybridized carbons (Fsp3) is 0.700. The first-order valence-corrected chi connectivity index (χ1v) is 5.53. The summed E-state index contributed by atoms with van der Waals surface area (Å²) in [6.45, 7) is 0.102. The standard InChI is InChI=1S/C10H17N3O4/c11-8(14)4-3-7(10(16)17)13-9(15)5-12-6-1-2-6/h6-7,12H,1-5H2,(H2,11,14)(H,13,15)(H,16,17). The van der Waals surface area contributed by atoms with Gasteiger partial charge in [-0.05, 0) is 19.3 Å². The zero-order valence-electron chi connectivity index (χ0n) is 9.44. The molecule has 0 saturated heterocycles. The molecule has 0 aromatic rings. The molecule has 1 atom stereocenters. The van der Waals surface area contributed by atoms with Gasteiger partial charge >= 0.3 is 5.97 Å². The number of hydrogen-bond acceptors (Lipinski definition) is 4. The highest BCUT2D eigenvalue weighted by Gasteiger charge is 2.23. The molecule has 7 heteroatoms. The van der Waals surface area contributed by atoms with E-state index in [-0.39, 0.29) is 25.3 Å². The van der Waals surface area contributed by atoms with E-state index < -0.39 is 17.9 Å². The molecule has 0 aliphatic heterocycles. The molecule has 96 valence electrons. The average molecular weight is 243 g/mol. The summed E-state index contributed by atoms with van der Waals surface area (Å²) in [5, 5.41) is 14.2. The number of aliphatic carboxylic acids is 1. The molecule has 0 bridgehead atoms. The van der Waals surface area contributed by atoms with Gasteiger partial charge in [-0.25, -0.2) is 4.79 Å². The summed E-state index contributed by atoms with van der Waals surface area (Å²) in [4.78, 5) is 32.7. The van der Waals surface area contributed by atoms with Crippen molar-refractivity contribution in [1.29, 1.82) is 0 Å². The fourth-order valence-electron chi connectivity index (χ4n) is 1.31. The first kappa shape index (κ1) is 13.4. The van der Waals surface area contributed by atoms with E-state index in [4.69, 9.17) is 10.8 Å². The van der Waals surface area contributed by atoms with Crippen LogP contribution in [0.1, 0.15) is 25.7 Å². The van der Waals surface area contributed by atoms with E-state index in [9.17, 15) is 14.4 Å². The molecule has 0 heterocycles. The predicted octanol–water partition coefficient (Wildman–Crippen LogP) is -1.43. The van der Waals surface area contributed by atoms with Crippen LogP contribution in [0.2, 0.25) is 0 Å². The smallest absolute Gasteiger partial charge is 0.326 e. The lowest BCUT2D eigenvalue weighted by atomic mass is 10.1. The second-order valence-electron chi connectivity index (χ2n) is 4.12. The highest BCUT2D eigenvalue weighted by atomic mass is 16.4. The number of carboxylic acids is 1. The van der Waals surface area contributed by atoms with Gasteiger partial charge in [-0.2, -0.15) is 0 Å².